The van der Waals surface area contributed by atoms with Crippen molar-refractivity contribution in [3.63, 3.8) is 0 Å². The summed E-state index contributed by atoms with van der Waals surface area (Å²) in [5, 5.41) is 1.89. The zero-order valence-corrected chi connectivity index (χ0v) is 8.65. The van der Waals surface area contributed by atoms with Gasteiger partial charge in [-0.2, -0.15) is 0 Å². The number of carbonyl (C=O) groups excluding carboxylic acids is 1. The minimum absolute atomic E-state index is 0.0443. The molecule has 1 aromatic carbocycles. The van der Waals surface area contributed by atoms with Crippen molar-refractivity contribution in [1.29, 1.82) is 0 Å². The number of hydrogen-bond acceptors (Lipinski definition) is 3. The largest absolute Gasteiger partial charge is 0.481 e. The second kappa shape index (κ2) is 3.69. The summed E-state index contributed by atoms with van der Waals surface area (Å²) in [5.74, 6) is 0.596. The van der Waals surface area contributed by atoms with E-state index in [9.17, 15) is 4.79 Å². The molecule has 1 aromatic heterocycles. The fourth-order valence-electron chi connectivity index (χ4n) is 1.52. The molecule has 1 heterocycles. The van der Waals surface area contributed by atoms with Crippen LogP contribution in [0.5, 0.6) is 5.88 Å². The molecule has 0 atom stereocenters. The van der Waals surface area contributed by atoms with Crippen LogP contribution in [-0.4, -0.2) is 17.9 Å². The number of hydrogen-bond donors (Lipinski definition) is 0. The Kier molecular flexibility index (Phi) is 2.37. The van der Waals surface area contributed by atoms with Crippen LogP contribution in [0.3, 0.4) is 0 Å². The molecule has 15 heavy (non-hydrogen) atoms. The van der Waals surface area contributed by atoms with Crippen LogP contribution in [-0.2, 0) is 0 Å². The lowest BCUT2D eigenvalue weighted by Gasteiger charge is -2.04. The maximum Gasteiger partial charge on any atom is 0.221 e. The van der Waals surface area contributed by atoms with Gasteiger partial charge in [-0.3, -0.25) is 4.79 Å². The van der Waals surface area contributed by atoms with Crippen LogP contribution in [0.25, 0.3) is 10.8 Å². The molecule has 0 saturated carbocycles. The first-order chi connectivity index (χ1) is 7.22. The summed E-state index contributed by atoms with van der Waals surface area (Å²) in [6, 6.07) is 7.41. The molecule has 76 valence electrons. The lowest BCUT2D eigenvalue weighted by atomic mass is 10.1. The van der Waals surface area contributed by atoms with Gasteiger partial charge < -0.3 is 4.74 Å². The Morgan fingerprint density at radius 3 is 2.80 bits per heavy atom. The molecule has 0 aliphatic heterocycles. The van der Waals surface area contributed by atoms with Crippen molar-refractivity contribution in [2.45, 2.75) is 6.92 Å². The molecule has 0 fully saturated rings. The second-order valence-corrected chi connectivity index (χ2v) is 3.31. The highest BCUT2D eigenvalue weighted by Crippen LogP contribution is 2.23. The summed E-state index contributed by atoms with van der Waals surface area (Å²) in [6.07, 6.45) is 1.69. The topological polar surface area (TPSA) is 39.2 Å². The Morgan fingerprint density at radius 1 is 1.33 bits per heavy atom. The Bertz CT molecular complexity index is 520. The van der Waals surface area contributed by atoms with Gasteiger partial charge in [0.1, 0.15) is 0 Å². The van der Waals surface area contributed by atoms with E-state index in [1.807, 2.05) is 24.3 Å². The normalized spacial score (nSPS) is 10.3. The van der Waals surface area contributed by atoms with Crippen molar-refractivity contribution in [1.82, 2.24) is 4.98 Å². The minimum atomic E-state index is 0.0443. The standard InChI is InChI=1S/C12H11NO2/c1-8(14)10-4-3-9-5-6-13-12(15-2)11(9)7-10/h3-7H,1-2H3. The molecule has 0 unspecified atom stereocenters. The van der Waals surface area contributed by atoms with Gasteiger partial charge in [-0.05, 0) is 24.4 Å². The van der Waals surface area contributed by atoms with Crippen molar-refractivity contribution in [2.75, 3.05) is 7.11 Å². The van der Waals surface area contributed by atoms with E-state index in [2.05, 4.69) is 4.98 Å². The highest BCUT2D eigenvalue weighted by molar-refractivity contribution is 5.99. The van der Waals surface area contributed by atoms with E-state index in [0.717, 1.165) is 10.8 Å². The van der Waals surface area contributed by atoms with Gasteiger partial charge in [-0.25, -0.2) is 4.98 Å². The molecule has 0 amide bonds. The molecule has 0 saturated heterocycles. The molecular weight excluding hydrogens is 190 g/mol. The van der Waals surface area contributed by atoms with Crippen LogP contribution in [0.15, 0.2) is 30.5 Å². The molecule has 3 heteroatoms. The number of aromatic nitrogens is 1. The molecule has 2 aromatic rings. The predicted octanol–water partition coefficient (Wildman–Crippen LogP) is 2.45. The average Bonchev–Trinajstić information content (AvgIpc) is 2.27. The number of fused-ring (bicyclic) bond motifs is 1. The third kappa shape index (κ3) is 1.68. The summed E-state index contributed by atoms with van der Waals surface area (Å²) in [5.41, 5.74) is 0.675. The van der Waals surface area contributed by atoms with Gasteiger partial charge in [0.15, 0.2) is 5.78 Å². The van der Waals surface area contributed by atoms with Crippen LogP contribution in [0, 0.1) is 0 Å². The quantitative estimate of drug-likeness (QED) is 0.700. The lowest BCUT2D eigenvalue weighted by Crippen LogP contribution is -1.93. The summed E-state index contributed by atoms with van der Waals surface area (Å²) in [4.78, 5) is 15.3. The maximum atomic E-state index is 11.2. The Hall–Kier alpha value is -1.90. The predicted molar refractivity (Wildman–Crippen MR) is 58.3 cm³/mol. The lowest BCUT2D eigenvalue weighted by molar-refractivity contribution is 0.101. The maximum absolute atomic E-state index is 11.2. The van der Waals surface area contributed by atoms with Gasteiger partial charge in [0.25, 0.3) is 0 Å². The number of ether oxygens (including phenoxy) is 1. The monoisotopic (exact) mass is 201 g/mol. The molecule has 0 N–H and O–H groups in total. The molecule has 0 radical (unpaired) electrons. The van der Waals surface area contributed by atoms with Crippen LogP contribution >= 0.6 is 0 Å². The number of pyridine rings is 1. The van der Waals surface area contributed by atoms with Gasteiger partial charge in [-0.15, -0.1) is 0 Å². The molecule has 0 spiro atoms. The van der Waals surface area contributed by atoms with Crippen LogP contribution in [0.2, 0.25) is 0 Å². The van der Waals surface area contributed by atoms with E-state index in [-0.39, 0.29) is 5.78 Å². The Morgan fingerprint density at radius 2 is 2.13 bits per heavy atom. The molecule has 2 rings (SSSR count). The van der Waals surface area contributed by atoms with Gasteiger partial charge in [0.05, 0.1) is 7.11 Å². The van der Waals surface area contributed by atoms with Gasteiger partial charge in [-0.1, -0.05) is 12.1 Å². The number of rotatable bonds is 2. The Labute approximate surface area is 87.7 Å². The molecule has 0 bridgehead atoms. The van der Waals surface area contributed by atoms with E-state index in [4.69, 9.17) is 4.74 Å². The summed E-state index contributed by atoms with van der Waals surface area (Å²) >= 11 is 0. The average molecular weight is 201 g/mol. The fourth-order valence-corrected chi connectivity index (χ4v) is 1.52. The number of carbonyl (C=O) groups is 1. The molecule has 3 nitrogen and oxygen atoms in total. The van der Waals surface area contributed by atoms with E-state index in [1.165, 1.54) is 0 Å². The van der Waals surface area contributed by atoms with Crippen LogP contribution in [0.4, 0.5) is 0 Å². The second-order valence-electron chi connectivity index (χ2n) is 3.31. The fraction of sp³-hybridized carbons (Fsp3) is 0.167. The number of methoxy groups -OCH3 is 1. The third-order valence-electron chi connectivity index (χ3n) is 2.33. The number of ketones is 1. The van der Waals surface area contributed by atoms with E-state index < -0.39 is 0 Å². The zero-order valence-electron chi connectivity index (χ0n) is 8.65. The highest BCUT2D eigenvalue weighted by atomic mass is 16.5. The summed E-state index contributed by atoms with van der Waals surface area (Å²) in [7, 11) is 1.57. The molecule has 0 aliphatic rings. The summed E-state index contributed by atoms with van der Waals surface area (Å²) in [6.45, 7) is 1.55. The number of nitrogens with zero attached hydrogens (tertiary/aromatic N) is 1. The summed E-state index contributed by atoms with van der Waals surface area (Å²) < 4.78 is 5.14. The number of Topliss-reactive ketones (excluding diaryl/α,β-unsaturated/α-hetero) is 1. The number of benzene rings is 1. The SMILES string of the molecule is COc1nccc2ccc(C(C)=O)cc12. The first-order valence-electron chi connectivity index (χ1n) is 4.66. The van der Waals surface area contributed by atoms with Gasteiger partial charge in [0.2, 0.25) is 5.88 Å². The first kappa shape index (κ1) is 9.65. The Balaban J connectivity index is 2.72. The minimum Gasteiger partial charge on any atom is -0.481 e. The highest BCUT2D eigenvalue weighted by Gasteiger charge is 2.05. The van der Waals surface area contributed by atoms with E-state index in [0.29, 0.717) is 11.4 Å². The first-order valence-corrected chi connectivity index (χ1v) is 4.66. The van der Waals surface area contributed by atoms with Gasteiger partial charge >= 0.3 is 0 Å². The van der Waals surface area contributed by atoms with Crippen LogP contribution < -0.4 is 4.74 Å². The van der Waals surface area contributed by atoms with Crippen LogP contribution in [0.1, 0.15) is 17.3 Å². The van der Waals surface area contributed by atoms with Crippen molar-refractivity contribution in [3.8, 4) is 5.88 Å². The van der Waals surface area contributed by atoms with Crippen molar-refractivity contribution < 1.29 is 9.53 Å². The van der Waals surface area contributed by atoms with Crippen molar-refractivity contribution in [3.05, 3.63) is 36.0 Å². The van der Waals surface area contributed by atoms with E-state index >= 15 is 0 Å². The van der Waals surface area contributed by atoms with Crippen molar-refractivity contribution >= 4 is 16.6 Å². The van der Waals surface area contributed by atoms with Gasteiger partial charge in [0, 0.05) is 17.1 Å². The zero-order chi connectivity index (χ0) is 10.8. The smallest absolute Gasteiger partial charge is 0.221 e. The van der Waals surface area contributed by atoms with Crippen molar-refractivity contribution in [2.24, 2.45) is 0 Å². The molecular formula is C12H11NO2. The van der Waals surface area contributed by atoms with E-state index in [1.54, 1.807) is 20.2 Å². The third-order valence-corrected chi connectivity index (χ3v) is 2.33. The molecule has 0 aliphatic carbocycles.